The van der Waals surface area contributed by atoms with Crippen molar-refractivity contribution in [2.45, 2.75) is 32.9 Å². The number of aryl methyl sites for hydroxylation is 1. The first-order valence-corrected chi connectivity index (χ1v) is 7.67. The fourth-order valence-corrected chi connectivity index (χ4v) is 2.31. The molecule has 1 heterocycles. The highest BCUT2D eigenvalue weighted by molar-refractivity contribution is 5.96. The number of hydrogen-bond acceptors (Lipinski definition) is 6. The van der Waals surface area contributed by atoms with Crippen molar-refractivity contribution in [2.24, 2.45) is 11.7 Å². The molecule has 0 unspecified atom stereocenters. The normalized spacial score (nSPS) is 12.1. The van der Waals surface area contributed by atoms with E-state index in [1.807, 2.05) is 5.32 Å². The summed E-state index contributed by atoms with van der Waals surface area (Å²) in [6.07, 6.45) is -1.30. The van der Waals surface area contributed by atoms with E-state index >= 15 is 0 Å². The minimum atomic E-state index is -1.15. The van der Waals surface area contributed by atoms with Crippen LogP contribution in [-0.2, 0) is 20.9 Å². The average molecular weight is 349 g/mol. The Balaban J connectivity index is 2.03. The molecule has 3 amide bonds. The lowest BCUT2D eigenvalue weighted by Gasteiger charge is -2.19. The van der Waals surface area contributed by atoms with Crippen LogP contribution in [0.4, 0.5) is 4.79 Å². The predicted octanol–water partition coefficient (Wildman–Crippen LogP) is 0.747. The van der Waals surface area contributed by atoms with Gasteiger partial charge in [0.05, 0.1) is 11.9 Å². The molecule has 0 saturated heterocycles. The zero-order valence-electron chi connectivity index (χ0n) is 13.9. The Kier molecular flexibility index (Phi) is 5.58. The van der Waals surface area contributed by atoms with E-state index in [4.69, 9.17) is 14.9 Å². The lowest BCUT2D eigenvalue weighted by atomic mass is 10.1. The number of hydrogen-bond donors (Lipinski definition) is 2. The van der Waals surface area contributed by atoms with Gasteiger partial charge in [0, 0.05) is 6.54 Å². The number of aromatic nitrogens is 1. The molecule has 0 saturated carbocycles. The number of urea groups is 1. The first-order chi connectivity index (χ1) is 11.8. The van der Waals surface area contributed by atoms with Crippen molar-refractivity contribution < 1.29 is 23.5 Å². The van der Waals surface area contributed by atoms with Crippen LogP contribution in [0.2, 0.25) is 0 Å². The Morgan fingerprint density at radius 3 is 2.60 bits per heavy atom. The van der Waals surface area contributed by atoms with Crippen molar-refractivity contribution in [3.05, 3.63) is 34.8 Å². The van der Waals surface area contributed by atoms with Crippen LogP contribution in [0.3, 0.4) is 0 Å². The van der Waals surface area contributed by atoms with Crippen LogP contribution in [0.25, 0.3) is 11.1 Å². The molecule has 0 bridgehead atoms. The van der Waals surface area contributed by atoms with Crippen LogP contribution in [0, 0.1) is 5.92 Å². The van der Waals surface area contributed by atoms with E-state index in [9.17, 15) is 19.2 Å². The van der Waals surface area contributed by atoms with Gasteiger partial charge in [0.25, 0.3) is 5.91 Å². The molecule has 3 N–H and O–H groups in total. The third-order valence-corrected chi connectivity index (χ3v) is 3.48. The van der Waals surface area contributed by atoms with Crippen molar-refractivity contribution >= 4 is 29.0 Å². The van der Waals surface area contributed by atoms with Crippen molar-refractivity contribution in [1.82, 2.24) is 9.88 Å². The fourth-order valence-electron chi connectivity index (χ4n) is 2.31. The van der Waals surface area contributed by atoms with E-state index in [2.05, 4.69) is 0 Å². The van der Waals surface area contributed by atoms with Gasteiger partial charge < -0.3 is 14.9 Å². The number of nitrogens with zero attached hydrogens (tertiary/aromatic N) is 1. The van der Waals surface area contributed by atoms with Gasteiger partial charge in [-0.25, -0.2) is 9.59 Å². The van der Waals surface area contributed by atoms with Crippen molar-refractivity contribution in [3.8, 4) is 0 Å². The summed E-state index contributed by atoms with van der Waals surface area (Å²) >= 11 is 0. The van der Waals surface area contributed by atoms with Crippen LogP contribution in [0.15, 0.2) is 33.5 Å². The highest BCUT2D eigenvalue weighted by Gasteiger charge is 2.27. The first-order valence-electron chi connectivity index (χ1n) is 7.67. The predicted molar refractivity (Wildman–Crippen MR) is 87.5 cm³/mol. The van der Waals surface area contributed by atoms with Gasteiger partial charge in [0.2, 0.25) is 0 Å². The molecule has 9 nitrogen and oxygen atoms in total. The van der Waals surface area contributed by atoms with Gasteiger partial charge >= 0.3 is 17.8 Å². The summed E-state index contributed by atoms with van der Waals surface area (Å²) in [4.78, 5) is 46.5. The number of rotatable bonds is 6. The fraction of sp³-hybridized carbons (Fsp3) is 0.375. The Morgan fingerprint density at radius 2 is 1.96 bits per heavy atom. The number of nitrogens with one attached hydrogen (secondary N) is 1. The minimum Gasteiger partial charge on any atom is -0.452 e. The van der Waals surface area contributed by atoms with Gasteiger partial charge in [-0.05, 0) is 18.1 Å². The number of nitrogens with two attached hydrogens (primary N) is 1. The molecule has 0 aliphatic heterocycles. The maximum Gasteiger partial charge on any atom is 0.419 e. The molecule has 1 atom stereocenters. The molecule has 2 rings (SSSR count). The molecule has 1 aromatic heterocycles. The molecule has 0 aliphatic rings. The van der Waals surface area contributed by atoms with E-state index in [-0.39, 0.29) is 18.9 Å². The number of oxazole rings is 1. The Hall–Kier alpha value is -3.10. The Morgan fingerprint density at radius 1 is 1.28 bits per heavy atom. The molecule has 0 radical (unpaired) electrons. The number of para-hydroxylation sites is 2. The summed E-state index contributed by atoms with van der Waals surface area (Å²) in [5.41, 5.74) is 5.88. The van der Waals surface area contributed by atoms with Gasteiger partial charge in [-0.1, -0.05) is 26.0 Å². The van der Waals surface area contributed by atoms with Crippen molar-refractivity contribution in [1.29, 1.82) is 0 Å². The highest BCUT2D eigenvalue weighted by atomic mass is 16.5. The number of carbonyl (C=O) groups is 3. The number of ether oxygens (including phenoxy) is 1. The lowest BCUT2D eigenvalue weighted by molar-refractivity contribution is -0.158. The zero-order valence-corrected chi connectivity index (χ0v) is 13.9. The standard InChI is InChI=1S/C16H19N3O6/c1-9(2)13(14(21)18-15(17)22)25-12(20)7-8-19-10-5-3-4-6-11(10)24-16(19)23/h3-6,9,13H,7-8H2,1-2H3,(H3,17,18,21,22)/t13-/m1/s1. The van der Waals surface area contributed by atoms with E-state index < -0.39 is 29.8 Å². The topological polar surface area (TPSA) is 134 Å². The second kappa shape index (κ2) is 7.65. The average Bonchev–Trinajstić information content (AvgIpc) is 2.84. The van der Waals surface area contributed by atoms with Crippen LogP contribution in [0.1, 0.15) is 20.3 Å². The number of fused-ring (bicyclic) bond motifs is 1. The van der Waals surface area contributed by atoms with Crippen molar-refractivity contribution in [3.63, 3.8) is 0 Å². The molecule has 1 aromatic carbocycles. The van der Waals surface area contributed by atoms with Gasteiger partial charge in [0.1, 0.15) is 0 Å². The molecular formula is C16H19N3O6. The van der Waals surface area contributed by atoms with E-state index in [1.165, 1.54) is 4.57 Å². The molecule has 0 spiro atoms. The maximum atomic E-state index is 12.0. The highest BCUT2D eigenvalue weighted by Crippen LogP contribution is 2.13. The quantitative estimate of drug-likeness (QED) is 0.739. The third-order valence-electron chi connectivity index (χ3n) is 3.48. The van der Waals surface area contributed by atoms with Gasteiger partial charge in [-0.15, -0.1) is 0 Å². The Labute approximate surface area is 142 Å². The number of primary amides is 1. The van der Waals surface area contributed by atoms with Gasteiger partial charge in [0.15, 0.2) is 11.7 Å². The number of amides is 3. The van der Waals surface area contributed by atoms with Crippen LogP contribution in [0.5, 0.6) is 0 Å². The summed E-state index contributed by atoms with van der Waals surface area (Å²) in [6, 6.07) is 5.80. The molecule has 25 heavy (non-hydrogen) atoms. The third kappa shape index (κ3) is 4.46. The van der Waals surface area contributed by atoms with Gasteiger partial charge in [-0.3, -0.25) is 19.5 Å². The number of benzene rings is 1. The molecular weight excluding hydrogens is 330 g/mol. The first kappa shape index (κ1) is 18.2. The van der Waals surface area contributed by atoms with Crippen molar-refractivity contribution in [2.75, 3.05) is 0 Å². The summed E-state index contributed by atoms with van der Waals surface area (Å²) in [6.45, 7) is 3.36. The van der Waals surface area contributed by atoms with E-state index in [0.717, 1.165) is 0 Å². The van der Waals surface area contributed by atoms with Crippen LogP contribution in [-0.4, -0.2) is 28.6 Å². The molecule has 0 fully saturated rings. The summed E-state index contributed by atoms with van der Waals surface area (Å²) in [5.74, 6) is -2.42. The smallest absolute Gasteiger partial charge is 0.419 e. The van der Waals surface area contributed by atoms with Gasteiger partial charge in [-0.2, -0.15) is 0 Å². The number of carbonyl (C=O) groups excluding carboxylic acids is 3. The van der Waals surface area contributed by atoms with Crippen LogP contribution >= 0.6 is 0 Å². The Bertz CT molecular complexity index is 851. The summed E-state index contributed by atoms with van der Waals surface area (Å²) in [7, 11) is 0. The lowest BCUT2D eigenvalue weighted by Crippen LogP contribution is -2.45. The maximum absolute atomic E-state index is 12.0. The molecule has 9 heteroatoms. The number of imide groups is 1. The minimum absolute atomic E-state index is 0.0386. The number of esters is 1. The second-order valence-corrected chi connectivity index (χ2v) is 5.75. The SMILES string of the molecule is CC(C)[C@@H](OC(=O)CCn1c(=O)oc2ccccc21)C(=O)NC(N)=O. The summed E-state index contributed by atoms with van der Waals surface area (Å²) < 4.78 is 11.5. The summed E-state index contributed by atoms with van der Waals surface area (Å²) in [5, 5.41) is 1.89. The monoisotopic (exact) mass is 349 g/mol. The van der Waals surface area contributed by atoms with E-state index in [0.29, 0.717) is 11.1 Å². The molecule has 134 valence electrons. The van der Waals surface area contributed by atoms with Crippen LogP contribution < -0.4 is 16.8 Å². The zero-order chi connectivity index (χ0) is 18.6. The largest absolute Gasteiger partial charge is 0.452 e. The molecule has 0 aliphatic carbocycles. The second-order valence-electron chi connectivity index (χ2n) is 5.75. The van der Waals surface area contributed by atoms with E-state index in [1.54, 1.807) is 38.1 Å². The molecule has 2 aromatic rings.